The Morgan fingerprint density at radius 1 is 0.621 bits per heavy atom. The number of H-pyrrole nitrogens is 2. The summed E-state index contributed by atoms with van der Waals surface area (Å²) in [5.74, 6) is 0.193. The van der Waals surface area contributed by atoms with Crippen molar-refractivity contribution in [3.63, 3.8) is 0 Å². The van der Waals surface area contributed by atoms with E-state index >= 15 is 0 Å². The number of nitrogens with one attached hydrogen (secondary N) is 2. The number of fused-ring (bicyclic) bond motifs is 2. The molecule has 0 aliphatic carbocycles. The standard InChI is InChI=1S/C23H23N5O5.C23H24N4O5S/c24-17-8-6-15(7-9-17)10-12-27-21-20(22(30)28(23(27)31)13-11-19(29)33-32)25-18(26-21)14-16-4-2-1-3-5-16;1-2-13-27-22(28)20-21(25-19(24-20)15-17-6-4-3-5-7-17)26(23(27)29)14-12-16-8-10-18(11-9-16)33(30,31)32/h1-9,32H,10-14,24H2,(H,25,26);3-11H,2,12-15H2,1H3,(H,24,25)(H,30,31,32). The lowest BCUT2D eigenvalue weighted by molar-refractivity contribution is -0.234. The maximum Gasteiger partial charge on any atom is 0.343 e. The summed E-state index contributed by atoms with van der Waals surface area (Å²) in [4.78, 5) is 82.4. The molecule has 4 heterocycles. The smallest absolute Gasteiger partial charge is 0.343 e. The number of aryl methyl sites for hydroxylation is 4. The Hall–Kier alpha value is -7.68. The maximum atomic E-state index is 13.2. The van der Waals surface area contributed by atoms with Crippen molar-refractivity contribution in [2.45, 2.75) is 76.5 Å². The van der Waals surface area contributed by atoms with E-state index in [-0.39, 0.29) is 47.6 Å². The van der Waals surface area contributed by atoms with E-state index in [0.29, 0.717) is 61.6 Å². The van der Waals surface area contributed by atoms with E-state index in [2.05, 4.69) is 24.8 Å². The quantitative estimate of drug-likeness (QED) is 0.0396. The van der Waals surface area contributed by atoms with Gasteiger partial charge in [-0.05, 0) is 65.8 Å². The summed E-state index contributed by atoms with van der Waals surface area (Å²) in [5, 5.41) is 8.51. The van der Waals surface area contributed by atoms with Crippen LogP contribution < -0.4 is 28.2 Å². The summed E-state index contributed by atoms with van der Waals surface area (Å²) in [6, 6.07) is 32.4. The molecule has 4 aromatic heterocycles. The monoisotopic (exact) mass is 917 g/mol. The van der Waals surface area contributed by atoms with Crippen molar-refractivity contribution >= 4 is 44.1 Å². The zero-order valence-corrected chi connectivity index (χ0v) is 36.6. The van der Waals surface area contributed by atoms with Crippen LogP contribution in [0.1, 0.15) is 53.7 Å². The second kappa shape index (κ2) is 20.4. The fraction of sp³-hybridized carbons (Fsp3) is 0.239. The van der Waals surface area contributed by atoms with Gasteiger partial charge in [-0.25, -0.2) is 24.4 Å². The van der Waals surface area contributed by atoms with Crippen molar-refractivity contribution in [2.75, 3.05) is 5.73 Å². The number of aromatic nitrogens is 8. The molecule has 0 radical (unpaired) electrons. The van der Waals surface area contributed by atoms with E-state index < -0.39 is 38.6 Å². The molecule has 0 saturated carbocycles. The molecule has 0 spiro atoms. The zero-order chi connectivity index (χ0) is 47.0. The maximum absolute atomic E-state index is 13.2. The fourth-order valence-corrected chi connectivity index (χ4v) is 7.92. The third-order valence-corrected chi connectivity index (χ3v) is 11.7. The van der Waals surface area contributed by atoms with Crippen LogP contribution in [0.3, 0.4) is 0 Å². The minimum Gasteiger partial charge on any atom is -0.399 e. The normalized spacial score (nSPS) is 11.4. The lowest BCUT2D eigenvalue weighted by Crippen LogP contribution is -2.41. The minimum atomic E-state index is -4.27. The molecule has 20 heteroatoms. The molecule has 0 saturated heterocycles. The van der Waals surface area contributed by atoms with Crippen LogP contribution in [-0.4, -0.2) is 62.4 Å². The molecule has 342 valence electrons. The Kier molecular flexibility index (Phi) is 14.3. The third kappa shape index (κ3) is 10.8. The van der Waals surface area contributed by atoms with E-state index in [4.69, 9.17) is 15.5 Å². The highest BCUT2D eigenvalue weighted by Crippen LogP contribution is 2.16. The second-order valence-electron chi connectivity index (χ2n) is 15.4. The van der Waals surface area contributed by atoms with Gasteiger partial charge in [-0.2, -0.15) is 13.7 Å². The molecule has 0 atom stereocenters. The summed E-state index contributed by atoms with van der Waals surface area (Å²) in [6.45, 7) is 2.47. The van der Waals surface area contributed by atoms with Crippen molar-refractivity contribution in [1.82, 2.24) is 38.2 Å². The van der Waals surface area contributed by atoms with Gasteiger partial charge >= 0.3 is 17.3 Å². The molecule has 8 rings (SSSR count). The molecule has 0 bridgehead atoms. The summed E-state index contributed by atoms with van der Waals surface area (Å²) in [5.41, 5.74) is 9.17. The number of carbonyl (C=O) groups excluding carboxylic acids is 1. The molecule has 6 N–H and O–H groups in total. The molecule has 0 fully saturated rings. The average molecular weight is 918 g/mol. The first-order valence-corrected chi connectivity index (χ1v) is 22.5. The van der Waals surface area contributed by atoms with Gasteiger partial charge in [0.15, 0.2) is 11.3 Å². The number of anilines is 1. The van der Waals surface area contributed by atoms with Crippen LogP contribution in [0.25, 0.3) is 22.3 Å². The van der Waals surface area contributed by atoms with Gasteiger partial charge in [0, 0.05) is 44.7 Å². The molecule has 19 nitrogen and oxygen atoms in total. The van der Waals surface area contributed by atoms with Gasteiger partial charge in [-0.15, -0.1) is 0 Å². The zero-order valence-electron chi connectivity index (χ0n) is 35.8. The molecule has 0 unspecified atom stereocenters. The number of hydrogen-bond acceptors (Lipinski definition) is 12. The first-order chi connectivity index (χ1) is 31.7. The number of imidazole rings is 2. The molecular formula is C46H47N9O10S. The molecule has 0 amide bonds. The van der Waals surface area contributed by atoms with Gasteiger partial charge in [-0.1, -0.05) is 91.9 Å². The van der Waals surface area contributed by atoms with E-state index in [1.807, 2.05) is 79.7 Å². The Morgan fingerprint density at radius 3 is 1.48 bits per heavy atom. The van der Waals surface area contributed by atoms with Crippen LogP contribution in [0.4, 0.5) is 5.69 Å². The second-order valence-corrected chi connectivity index (χ2v) is 16.9. The van der Waals surface area contributed by atoms with Gasteiger partial charge in [0.05, 0.1) is 11.3 Å². The summed E-state index contributed by atoms with van der Waals surface area (Å²) >= 11 is 0. The summed E-state index contributed by atoms with van der Waals surface area (Å²) in [6.07, 6.45) is 2.16. The van der Waals surface area contributed by atoms with Crippen LogP contribution in [0.2, 0.25) is 0 Å². The van der Waals surface area contributed by atoms with Crippen LogP contribution in [0.15, 0.2) is 133 Å². The Balaban J connectivity index is 0.000000196. The van der Waals surface area contributed by atoms with E-state index in [0.717, 1.165) is 26.8 Å². The predicted octanol–water partition coefficient (Wildman–Crippen LogP) is 4.08. The van der Waals surface area contributed by atoms with Gasteiger partial charge < -0.3 is 20.6 Å². The van der Waals surface area contributed by atoms with Crippen molar-refractivity contribution in [1.29, 1.82) is 0 Å². The van der Waals surface area contributed by atoms with E-state index in [9.17, 15) is 32.4 Å². The number of benzene rings is 4. The fourth-order valence-electron chi connectivity index (χ4n) is 7.44. The summed E-state index contributed by atoms with van der Waals surface area (Å²) in [7, 11) is -4.27. The Bertz CT molecular complexity index is 3340. The first kappa shape index (κ1) is 46.3. The number of nitrogens with two attached hydrogens (primary N) is 1. The first-order valence-electron chi connectivity index (χ1n) is 21.0. The van der Waals surface area contributed by atoms with Gasteiger partial charge in [0.25, 0.3) is 21.2 Å². The third-order valence-electron chi connectivity index (χ3n) is 10.8. The van der Waals surface area contributed by atoms with Crippen LogP contribution >= 0.6 is 0 Å². The molecule has 0 aliphatic rings. The molecular weight excluding hydrogens is 871 g/mol. The lowest BCUT2D eigenvalue weighted by Gasteiger charge is -2.11. The van der Waals surface area contributed by atoms with E-state index in [1.165, 1.54) is 25.8 Å². The van der Waals surface area contributed by atoms with Crippen molar-refractivity contribution < 1.29 is 27.9 Å². The lowest BCUT2D eigenvalue weighted by atomic mass is 10.1. The highest BCUT2D eigenvalue weighted by Gasteiger charge is 2.20. The number of rotatable bonds is 16. The Morgan fingerprint density at radius 2 is 1.06 bits per heavy atom. The van der Waals surface area contributed by atoms with Crippen LogP contribution in [-0.2, 0) is 71.7 Å². The van der Waals surface area contributed by atoms with Crippen molar-refractivity contribution in [3.05, 3.63) is 185 Å². The van der Waals surface area contributed by atoms with Crippen LogP contribution in [0.5, 0.6) is 0 Å². The highest BCUT2D eigenvalue weighted by molar-refractivity contribution is 7.85. The van der Waals surface area contributed by atoms with Crippen molar-refractivity contribution in [3.8, 4) is 0 Å². The minimum absolute atomic E-state index is 0.176. The van der Waals surface area contributed by atoms with E-state index in [1.54, 1.807) is 24.3 Å². The largest absolute Gasteiger partial charge is 0.399 e. The van der Waals surface area contributed by atoms with Gasteiger partial charge in [0.1, 0.15) is 22.7 Å². The van der Waals surface area contributed by atoms with Gasteiger partial charge in [0.2, 0.25) is 0 Å². The molecule has 66 heavy (non-hydrogen) atoms. The number of nitrogens with zero attached hydrogens (tertiary/aromatic N) is 6. The number of aromatic amines is 2. The number of hydrogen-bond donors (Lipinski definition) is 5. The SMILES string of the molecule is CCCn1c(=O)c2[nH]c(Cc3ccccc3)nc2n(CCc2ccc(S(=O)(=O)O)cc2)c1=O.Nc1ccc(CCn2c(=O)n(CCC(=O)OO)c(=O)c3[nH]c(Cc4ccccc4)nc32)cc1. The highest BCUT2D eigenvalue weighted by atomic mass is 32.2. The number of carbonyl (C=O) groups is 1. The summed E-state index contributed by atoms with van der Waals surface area (Å²) < 4.78 is 36.7. The number of nitrogen functional groups attached to an aromatic ring is 1. The average Bonchev–Trinajstić information content (AvgIpc) is 3.93. The molecule has 4 aromatic carbocycles. The predicted molar refractivity (Wildman–Crippen MR) is 246 cm³/mol. The van der Waals surface area contributed by atoms with Crippen LogP contribution in [0, 0.1) is 0 Å². The van der Waals surface area contributed by atoms with Crippen molar-refractivity contribution in [2.24, 2.45) is 0 Å². The topological polar surface area (TPSA) is 272 Å². The molecule has 0 aliphatic heterocycles. The Labute approximate surface area is 376 Å². The van der Waals surface area contributed by atoms with Gasteiger partial charge in [-0.3, -0.25) is 32.4 Å². The molecule has 8 aromatic rings.